The van der Waals surface area contributed by atoms with Crippen molar-refractivity contribution < 1.29 is 39.1 Å². The molecule has 6 atom stereocenters. The molecule has 0 unspecified atom stereocenters. The average molecular weight is 459 g/mol. The summed E-state index contributed by atoms with van der Waals surface area (Å²) in [6.07, 6.45) is 0.537. The van der Waals surface area contributed by atoms with Crippen molar-refractivity contribution in [2.24, 2.45) is 0 Å². The summed E-state index contributed by atoms with van der Waals surface area (Å²) in [5, 5.41) is 32.1. The monoisotopic (exact) mass is 459 g/mol. The third-order valence-electron chi connectivity index (χ3n) is 7.76. The Bertz CT molecular complexity index is 1050. The predicted molar refractivity (Wildman–Crippen MR) is 115 cm³/mol. The van der Waals surface area contributed by atoms with Crippen molar-refractivity contribution in [3.63, 3.8) is 0 Å². The van der Waals surface area contributed by atoms with E-state index in [0.717, 1.165) is 24.1 Å². The van der Waals surface area contributed by atoms with E-state index in [1.165, 1.54) is 13.8 Å². The van der Waals surface area contributed by atoms with Gasteiger partial charge in [-0.25, -0.2) is 9.59 Å². The molecule has 0 amide bonds. The Labute approximate surface area is 191 Å². The van der Waals surface area contributed by atoms with Crippen LogP contribution in [0.25, 0.3) is 0 Å². The molecule has 0 saturated carbocycles. The fourth-order valence-corrected chi connectivity index (χ4v) is 6.21. The summed E-state index contributed by atoms with van der Waals surface area (Å²) < 4.78 is 16.9. The third-order valence-corrected chi connectivity index (χ3v) is 7.76. The number of hydrogen-bond donors (Lipinski definition) is 3. The quantitative estimate of drug-likeness (QED) is 0.564. The highest BCUT2D eigenvalue weighted by molar-refractivity contribution is 5.81. The van der Waals surface area contributed by atoms with Gasteiger partial charge >= 0.3 is 11.9 Å². The SMILES string of the molecule is C[C@H](O)C(=O)O[C@@H](C)C(=O)OC1=CC[C@@]2(O)[C@H]3Cc4ccc(O)c5c4[C@@]2(CCCN3C)[C@H]1O5. The van der Waals surface area contributed by atoms with E-state index >= 15 is 0 Å². The molecule has 4 aliphatic rings. The van der Waals surface area contributed by atoms with Crippen LogP contribution in [0.15, 0.2) is 24.0 Å². The number of aliphatic hydroxyl groups excluding tert-OH is 1. The number of rotatable bonds is 4. The van der Waals surface area contributed by atoms with Crippen molar-refractivity contribution in [1.29, 1.82) is 0 Å². The highest BCUT2D eigenvalue weighted by Crippen LogP contribution is 2.64. The molecule has 3 N–H and O–H groups in total. The van der Waals surface area contributed by atoms with E-state index in [4.69, 9.17) is 14.2 Å². The molecule has 2 aliphatic heterocycles. The number of nitrogens with zero attached hydrogens (tertiary/aromatic N) is 1. The summed E-state index contributed by atoms with van der Waals surface area (Å²) in [5.41, 5.74) is -0.235. The van der Waals surface area contributed by atoms with E-state index in [2.05, 4.69) is 4.90 Å². The van der Waals surface area contributed by atoms with Crippen LogP contribution in [0, 0.1) is 0 Å². The van der Waals surface area contributed by atoms with Crippen LogP contribution in [0.1, 0.15) is 44.2 Å². The molecule has 33 heavy (non-hydrogen) atoms. The number of benzene rings is 1. The van der Waals surface area contributed by atoms with Gasteiger partial charge in [0.15, 0.2) is 23.7 Å². The fourth-order valence-electron chi connectivity index (χ4n) is 6.21. The van der Waals surface area contributed by atoms with Crippen molar-refractivity contribution in [2.75, 3.05) is 13.6 Å². The van der Waals surface area contributed by atoms with Crippen molar-refractivity contribution in [2.45, 2.75) is 74.9 Å². The van der Waals surface area contributed by atoms with Crippen molar-refractivity contribution in [3.8, 4) is 11.5 Å². The van der Waals surface area contributed by atoms with Gasteiger partial charge in [-0.2, -0.15) is 0 Å². The normalized spacial score (nSPS) is 33.7. The van der Waals surface area contributed by atoms with E-state index in [9.17, 15) is 24.9 Å². The van der Waals surface area contributed by atoms with Crippen LogP contribution in [0.3, 0.4) is 0 Å². The molecule has 5 rings (SSSR count). The second kappa shape index (κ2) is 7.44. The molecule has 178 valence electrons. The topological polar surface area (TPSA) is 126 Å². The summed E-state index contributed by atoms with van der Waals surface area (Å²) in [6, 6.07) is 3.33. The number of ether oxygens (including phenoxy) is 3. The summed E-state index contributed by atoms with van der Waals surface area (Å²) in [4.78, 5) is 26.6. The molecule has 9 heteroatoms. The number of phenolic OH excluding ortho intramolecular Hbond substituents is 1. The Morgan fingerprint density at radius 2 is 2.03 bits per heavy atom. The number of hydrogen-bond acceptors (Lipinski definition) is 9. The lowest BCUT2D eigenvalue weighted by molar-refractivity contribution is -0.172. The standard InChI is InChI=1S/C24H29NO8/c1-12(26)21(28)31-13(2)22(29)32-16-7-9-24(30)17-11-14-5-6-15(27)19-18(14)23(24,20(16)33-19)8-4-10-25(17)3/h5-7,12-13,17,20,26-27,30H,4,8-11H2,1-3H3/t12-,13-,17+,20-,23-,24+/m0/s1. The first-order chi connectivity index (χ1) is 15.6. The van der Waals surface area contributed by atoms with Crippen LogP contribution >= 0.6 is 0 Å². The van der Waals surface area contributed by atoms with Crippen LogP contribution in [0.5, 0.6) is 11.5 Å². The first-order valence-corrected chi connectivity index (χ1v) is 11.3. The van der Waals surface area contributed by atoms with Gasteiger partial charge in [-0.3, -0.25) is 0 Å². The van der Waals surface area contributed by atoms with Gasteiger partial charge < -0.3 is 34.4 Å². The average Bonchev–Trinajstić information content (AvgIpc) is 3.10. The number of carbonyl (C=O) groups is 2. The summed E-state index contributed by atoms with van der Waals surface area (Å²) in [6.45, 7) is 3.42. The van der Waals surface area contributed by atoms with E-state index in [1.807, 2.05) is 13.1 Å². The highest BCUT2D eigenvalue weighted by Gasteiger charge is 2.71. The van der Waals surface area contributed by atoms with Gasteiger partial charge in [0.2, 0.25) is 0 Å². The van der Waals surface area contributed by atoms with Gasteiger partial charge in [-0.05, 0) is 64.4 Å². The number of phenols is 1. The van der Waals surface area contributed by atoms with Gasteiger partial charge in [0.1, 0.15) is 11.9 Å². The highest BCUT2D eigenvalue weighted by atomic mass is 16.6. The molecule has 1 aromatic rings. The molecule has 0 radical (unpaired) electrons. The summed E-state index contributed by atoms with van der Waals surface area (Å²) >= 11 is 0. The fraction of sp³-hybridized carbons (Fsp3) is 0.583. The van der Waals surface area contributed by atoms with Crippen molar-refractivity contribution in [1.82, 2.24) is 4.90 Å². The first-order valence-electron chi connectivity index (χ1n) is 11.3. The zero-order valence-electron chi connectivity index (χ0n) is 18.9. The zero-order chi connectivity index (χ0) is 23.7. The summed E-state index contributed by atoms with van der Waals surface area (Å²) in [5.74, 6) is -1.18. The largest absolute Gasteiger partial charge is 0.504 e. The second-order valence-corrected chi connectivity index (χ2v) is 9.63. The van der Waals surface area contributed by atoms with Gasteiger partial charge in [0, 0.05) is 18.0 Å². The molecule has 2 bridgehead atoms. The number of aliphatic hydroxyl groups is 2. The van der Waals surface area contributed by atoms with Crippen LogP contribution in [0.4, 0.5) is 0 Å². The Balaban J connectivity index is 1.55. The van der Waals surface area contributed by atoms with Gasteiger partial charge in [-0.1, -0.05) is 6.07 Å². The molecule has 1 saturated heterocycles. The lowest BCUT2D eigenvalue weighted by atomic mass is 9.52. The zero-order valence-corrected chi connectivity index (χ0v) is 18.9. The van der Waals surface area contributed by atoms with Crippen LogP contribution in [-0.2, 0) is 30.9 Å². The molecule has 1 aromatic carbocycles. The maximum Gasteiger partial charge on any atom is 0.352 e. The Morgan fingerprint density at radius 1 is 1.27 bits per heavy atom. The van der Waals surface area contributed by atoms with Crippen molar-refractivity contribution in [3.05, 3.63) is 35.1 Å². The molecule has 0 aromatic heterocycles. The second-order valence-electron chi connectivity index (χ2n) is 9.63. The molecule has 1 spiro atoms. The lowest BCUT2D eigenvalue weighted by Crippen LogP contribution is -2.69. The minimum absolute atomic E-state index is 0.0131. The van der Waals surface area contributed by atoms with Crippen LogP contribution < -0.4 is 4.74 Å². The number of aromatic hydroxyl groups is 1. The van der Waals surface area contributed by atoms with E-state index in [1.54, 1.807) is 12.1 Å². The van der Waals surface area contributed by atoms with Crippen LogP contribution in [-0.4, -0.2) is 75.7 Å². The smallest absolute Gasteiger partial charge is 0.352 e. The molecule has 2 heterocycles. The van der Waals surface area contributed by atoms with E-state index in [-0.39, 0.29) is 24.0 Å². The molecular weight excluding hydrogens is 430 g/mol. The van der Waals surface area contributed by atoms with Gasteiger partial charge in [-0.15, -0.1) is 0 Å². The Kier molecular flexibility index (Phi) is 5.00. The van der Waals surface area contributed by atoms with E-state index in [0.29, 0.717) is 18.6 Å². The number of esters is 2. The number of likely N-dealkylation sites (N-methyl/N-ethyl adjacent to an activating group) is 1. The number of carbonyl (C=O) groups excluding carboxylic acids is 2. The lowest BCUT2D eigenvalue weighted by Gasteiger charge is -2.56. The molecule has 2 aliphatic carbocycles. The van der Waals surface area contributed by atoms with Crippen LogP contribution in [0.2, 0.25) is 0 Å². The first kappa shape index (κ1) is 22.2. The Hall–Kier alpha value is -2.62. The third kappa shape index (κ3) is 2.95. The minimum atomic E-state index is -1.36. The van der Waals surface area contributed by atoms with Gasteiger partial charge in [0.25, 0.3) is 0 Å². The molecular formula is C24H29NO8. The number of likely N-dealkylation sites (tertiary alicyclic amines) is 1. The van der Waals surface area contributed by atoms with E-state index < -0.39 is 41.3 Å². The maximum absolute atomic E-state index is 12.7. The van der Waals surface area contributed by atoms with Gasteiger partial charge in [0.05, 0.1) is 11.0 Å². The Morgan fingerprint density at radius 3 is 2.76 bits per heavy atom. The predicted octanol–water partition coefficient (Wildman–Crippen LogP) is 0.916. The maximum atomic E-state index is 12.7. The minimum Gasteiger partial charge on any atom is -0.504 e. The molecule has 1 fully saturated rings. The van der Waals surface area contributed by atoms with Crippen molar-refractivity contribution >= 4 is 11.9 Å². The molecule has 9 nitrogen and oxygen atoms in total. The summed E-state index contributed by atoms with van der Waals surface area (Å²) in [7, 11) is 2.01.